The minimum absolute atomic E-state index is 0.0223. The van der Waals surface area contributed by atoms with E-state index in [0.717, 1.165) is 29.4 Å². The number of urea groups is 1. The standard InChI is InChI=1S/C15H17BrN4O2/c1-19(2)15(21)20-9-3-4-12(20)14-17-13(18-22-14)10-5-7-11(16)8-6-10/h5-8,12H,3-4,9H2,1-2H3. The Morgan fingerprint density at radius 3 is 2.77 bits per heavy atom. The average Bonchev–Trinajstić information content (AvgIpc) is 3.15. The van der Waals surface area contributed by atoms with Gasteiger partial charge in [-0.2, -0.15) is 4.98 Å². The topological polar surface area (TPSA) is 62.5 Å². The predicted molar refractivity (Wildman–Crippen MR) is 85.2 cm³/mol. The molecular formula is C15H17BrN4O2. The number of nitrogens with zero attached hydrogens (tertiary/aromatic N) is 4. The fourth-order valence-corrected chi connectivity index (χ4v) is 2.86. The van der Waals surface area contributed by atoms with Crippen molar-refractivity contribution in [3.05, 3.63) is 34.6 Å². The zero-order chi connectivity index (χ0) is 15.7. The van der Waals surface area contributed by atoms with Crippen LogP contribution in [-0.4, -0.2) is 46.6 Å². The second-order valence-electron chi connectivity index (χ2n) is 5.49. The Morgan fingerprint density at radius 1 is 1.36 bits per heavy atom. The van der Waals surface area contributed by atoms with Crippen LogP contribution in [0.5, 0.6) is 0 Å². The van der Waals surface area contributed by atoms with E-state index in [1.807, 2.05) is 24.3 Å². The van der Waals surface area contributed by atoms with Crippen LogP contribution in [0.25, 0.3) is 11.4 Å². The first-order chi connectivity index (χ1) is 10.6. The number of likely N-dealkylation sites (tertiary alicyclic amines) is 1. The molecule has 2 aromatic rings. The lowest BCUT2D eigenvalue weighted by Gasteiger charge is -2.25. The van der Waals surface area contributed by atoms with E-state index in [4.69, 9.17) is 4.52 Å². The molecule has 1 aliphatic rings. The molecule has 1 fully saturated rings. The van der Waals surface area contributed by atoms with Gasteiger partial charge in [0.15, 0.2) is 0 Å². The molecule has 1 atom stereocenters. The molecule has 0 bridgehead atoms. The first-order valence-electron chi connectivity index (χ1n) is 7.13. The summed E-state index contributed by atoms with van der Waals surface area (Å²) in [6.07, 6.45) is 1.79. The maximum Gasteiger partial charge on any atom is 0.320 e. The highest BCUT2D eigenvalue weighted by molar-refractivity contribution is 9.10. The quantitative estimate of drug-likeness (QED) is 0.819. The summed E-state index contributed by atoms with van der Waals surface area (Å²) in [5.41, 5.74) is 0.890. The van der Waals surface area contributed by atoms with Crippen LogP contribution in [0.15, 0.2) is 33.3 Å². The van der Waals surface area contributed by atoms with Crippen molar-refractivity contribution < 1.29 is 9.32 Å². The number of carbonyl (C=O) groups excluding carboxylic acids is 1. The van der Waals surface area contributed by atoms with Gasteiger partial charge in [-0.15, -0.1) is 0 Å². The summed E-state index contributed by atoms with van der Waals surface area (Å²) in [5.74, 6) is 1.05. The van der Waals surface area contributed by atoms with Crippen LogP contribution >= 0.6 is 15.9 Å². The lowest BCUT2D eigenvalue weighted by Crippen LogP contribution is -2.38. The van der Waals surface area contributed by atoms with E-state index >= 15 is 0 Å². The molecular weight excluding hydrogens is 348 g/mol. The third-order valence-corrected chi connectivity index (χ3v) is 4.24. The molecule has 1 aromatic heterocycles. The van der Waals surface area contributed by atoms with E-state index in [0.29, 0.717) is 11.7 Å². The highest BCUT2D eigenvalue weighted by Crippen LogP contribution is 2.32. The molecule has 22 heavy (non-hydrogen) atoms. The molecule has 0 aliphatic carbocycles. The third kappa shape index (κ3) is 2.85. The normalized spacial score (nSPS) is 17.8. The summed E-state index contributed by atoms with van der Waals surface area (Å²) in [5, 5.41) is 4.05. The van der Waals surface area contributed by atoms with Gasteiger partial charge < -0.3 is 14.3 Å². The Bertz CT molecular complexity index is 668. The van der Waals surface area contributed by atoms with Crippen molar-refractivity contribution in [2.45, 2.75) is 18.9 Å². The van der Waals surface area contributed by atoms with Gasteiger partial charge in [0.05, 0.1) is 0 Å². The van der Waals surface area contributed by atoms with E-state index in [-0.39, 0.29) is 12.1 Å². The smallest absolute Gasteiger partial charge is 0.320 e. The monoisotopic (exact) mass is 364 g/mol. The summed E-state index contributed by atoms with van der Waals surface area (Å²) in [6.45, 7) is 0.720. The second-order valence-corrected chi connectivity index (χ2v) is 6.41. The molecule has 0 N–H and O–H groups in total. The van der Waals surface area contributed by atoms with Crippen LogP contribution in [0.4, 0.5) is 4.79 Å². The number of carbonyl (C=O) groups is 1. The van der Waals surface area contributed by atoms with Crippen LogP contribution in [0.3, 0.4) is 0 Å². The van der Waals surface area contributed by atoms with E-state index in [1.54, 1.807) is 23.9 Å². The van der Waals surface area contributed by atoms with Gasteiger partial charge in [-0.1, -0.05) is 21.1 Å². The van der Waals surface area contributed by atoms with E-state index < -0.39 is 0 Å². The Labute approximate surface area is 137 Å². The molecule has 116 valence electrons. The maximum absolute atomic E-state index is 12.2. The molecule has 7 heteroatoms. The summed E-state index contributed by atoms with van der Waals surface area (Å²) < 4.78 is 6.41. The van der Waals surface area contributed by atoms with Crippen LogP contribution in [0.2, 0.25) is 0 Å². The third-order valence-electron chi connectivity index (χ3n) is 3.71. The Morgan fingerprint density at radius 2 is 2.09 bits per heavy atom. The van der Waals surface area contributed by atoms with Crippen molar-refractivity contribution in [2.24, 2.45) is 0 Å². The minimum atomic E-state index is -0.133. The van der Waals surface area contributed by atoms with Crippen LogP contribution in [0, 0.1) is 0 Å². The molecule has 1 unspecified atom stereocenters. The van der Waals surface area contributed by atoms with Crippen LogP contribution in [0.1, 0.15) is 24.8 Å². The fourth-order valence-electron chi connectivity index (χ4n) is 2.60. The molecule has 1 saturated heterocycles. The van der Waals surface area contributed by atoms with Gasteiger partial charge in [-0.25, -0.2) is 4.79 Å². The Kier molecular flexibility index (Phi) is 4.15. The molecule has 2 amide bonds. The van der Waals surface area contributed by atoms with Gasteiger partial charge in [0.2, 0.25) is 11.7 Å². The minimum Gasteiger partial charge on any atom is -0.337 e. The number of hydrogen-bond acceptors (Lipinski definition) is 4. The van der Waals surface area contributed by atoms with Gasteiger partial charge in [0.1, 0.15) is 6.04 Å². The maximum atomic E-state index is 12.2. The zero-order valence-electron chi connectivity index (χ0n) is 12.5. The number of rotatable bonds is 2. The first-order valence-corrected chi connectivity index (χ1v) is 7.93. The summed E-state index contributed by atoms with van der Waals surface area (Å²) in [6, 6.07) is 7.56. The number of amides is 2. The van der Waals surface area contributed by atoms with Crippen molar-refractivity contribution in [3.63, 3.8) is 0 Å². The molecule has 2 heterocycles. The number of aromatic nitrogens is 2. The predicted octanol–water partition coefficient (Wildman–Crippen LogP) is 3.32. The largest absolute Gasteiger partial charge is 0.337 e. The first kappa shape index (κ1) is 15.0. The molecule has 1 aromatic carbocycles. The lowest BCUT2D eigenvalue weighted by molar-refractivity contribution is 0.156. The van der Waals surface area contributed by atoms with E-state index in [2.05, 4.69) is 26.1 Å². The number of hydrogen-bond donors (Lipinski definition) is 0. The van der Waals surface area contributed by atoms with Gasteiger partial charge in [-0.3, -0.25) is 0 Å². The average molecular weight is 365 g/mol. The molecule has 0 radical (unpaired) electrons. The van der Waals surface area contributed by atoms with Gasteiger partial charge in [-0.05, 0) is 37.1 Å². The molecule has 3 rings (SSSR count). The summed E-state index contributed by atoms with van der Waals surface area (Å²) >= 11 is 3.40. The SMILES string of the molecule is CN(C)C(=O)N1CCCC1c1nc(-c2ccc(Br)cc2)no1. The summed E-state index contributed by atoms with van der Waals surface area (Å²) in [7, 11) is 3.50. The van der Waals surface area contributed by atoms with Crippen molar-refractivity contribution in [3.8, 4) is 11.4 Å². The van der Waals surface area contributed by atoms with Gasteiger partial charge >= 0.3 is 6.03 Å². The highest BCUT2D eigenvalue weighted by Gasteiger charge is 2.34. The highest BCUT2D eigenvalue weighted by atomic mass is 79.9. The number of halogens is 1. The Balaban J connectivity index is 1.84. The molecule has 0 saturated carbocycles. The van der Waals surface area contributed by atoms with Crippen molar-refractivity contribution in [1.82, 2.24) is 19.9 Å². The van der Waals surface area contributed by atoms with E-state index in [9.17, 15) is 4.79 Å². The Hall–Kier alpha value is -1.89. The molecule has 6 nitrogen and oxygen atoms in total. The zero-order valence-corrected chi connectivity index (χ0v) is 14.1. The number of benzene rings is 1. The second kappa shape index (κ2) is 6.08. The van der Waals surface area contributed by atoms with Crippen molar-refractivity contribution in [2.75, 3.05) is 20.6 Å². The van der Waals surface area contributed by atoms with Crippen LogP contribution < -0.4 is 0 Å². The van der Waals surface area contributed by atoms with Crippen molar-refractivity contribution in [1.29, 1.82) is 0 Å². The van der Waals surface area contributed by atoms with Gasteiger partial charge in [0, 0.05) is 30.7 Å². The molecule has 1 aliphatic heterocycles. The molecule has 0 spiro atoms. The van der Waals surface area contributed by atoms with Crippen molar-refractivity contribution >= 4 is 22.0 Å². The summed E-state index contributed by atoms with van der Waals surface area (Å²) in [4.78, 5) is 20.0. The van der Waals surface area contributed by atoms with Gasteiger partial charge in [0.25, 0.3) is 0 Å². The lowest BCUT2D eigenvalue weighted by atomic mass is 10.2. The fraction of sp³-hybridized carbons (Fsp3) is 0.400. The van der Waals surface area contributed by atoms with Crippen LogP contribution in [-0.2, 0) is 0 Å². The van der Waals surface area contributed by atoms with E-state index in [1.165, 1.54) is 0 Å².